The monoisotopic (exact) mass is 293 g/mol. The minimum Gasteiger partial charge on any atom is -0.482 e. The summed E-state index contributed by atoms with van der Waals surface area (Å²) in [7, 11) is 0. The molecular weight excluding hydrogens is 278 g/mol. The molecule has 0 spiro atoms. The van der Waals surface area contributed by atoms with E-state index in [1.165, 1.54) is 12.8 Å². The highest BCUT2D eigenvalue weighted by Crippen LogP contribution is 2.30. The Morgan fingerprint density at radius 3 is 2.95 bits per heavy atom. The van der Waals surface area contributed by atoms with Crippen molar-refractivity contribution < 1.29 is 9.15 Å². The molecule has 106 valence electrons. The van der Waals surface area contributed by atoms with Gasteiger partial charge in [0.15, 0.2) is 6.61 Å². The topological polar surface area (TPSA) is 60.2 Å². The van der Waals surface area contributed by atoms with E-state index < -0.39 is 0 Å². The maximum absolute atomic E-state index is 6.21. The van der Waals surface area contributed by atoms with Crippen LogP contribution < -0.4 is 10.1 Å². The van der Waals surface area contributed by atoms with Gasteiger partial charge in [-0.2, -0.15) is 0 Å². The van der Waals surface area contributed by atoms with Crippen molar-refractivity contribution in [3.63, 3.8) is 0 Å². The van der Waals surface area contributed by atoms with Gasteiger partial charge < -0.3 is 14.5 Å². The standard InChI is InChI=1S/C14H16ClN3O2/c1-9-17-18-13(20-9)8-19-14-10(3-2-4-12(14)15)7-16-11-5-6-11/h2-4,11,16H,5-8H2,1H3. The van der Waals surface area contributed by atoms with Crippen molar-refractivity contribution in [2.45, 2.75) is 39.0 Å². The van der Waals surface area contributed by atoms with Crippen LogP contribution in [0.15, 0.2) is 22.6 Å². The highest BCUT2D eigenvalue weighted by atomic mass is 35.5. The van der Waals surface area contributed by atoms with Crippen molar-refractivity contribution in [1.82, 2.24) is 15.5 Å². The van der Waals surface area contributed by atoms with Gasteiger partial charge >= 0.3 is 0 Å². The fraction of sp³-hybridized carbons (Fsp3) is 0.429. The number of nitrogens with one attached hydrogen (secondary N) is 1. The number of nitrogens with zero attached hydrogens (tertiary/aromatic N) is 2. The molecule has 5 nitrogen and oxygen atoms in total. The number of hydrogen-bond acceptors (Lipinski definition) is 5. The zero-order chi connectivity index (χ0) is 13.9. The summed E-state index contributed by atoms with van der Waals surface area (Å²) in [5.41, 5.74) is 1.04. The van der Waals surface area contributed by atoms with Crippen molar-refractivity contribution in [2.24, 2.45) is 0 Å². The summed E-state index contributed by atoms with van der Waals surface area (Å²) in [5, 5.41) is 11.7. The Balaban J connectivity index is 1.69. The molecule has 0 amide bonds. The van der Waals surface area contributed by atoms with Crippen molar-refractivity contribution in [2.75, 3.05) is 0 Å². The molecule has 1 N–H and O–H groups in total. The molecule has 1 aromatic heterocycles. The third-order valence-electron chi connectivity index (χ3n) is 3.11. The third kappa shape index (κ3) is 3.29. The Morgan fingerprint density at radius 2 is 2.25 bits per heavy atom. The number of aromatic nitrogens is 2. The normalized spacial score (nSPS) is 14.5. The quantitative estimate of drug-likeness (QED) is 0.887. The maximum atomic E-state index is 6.21. The summed E-state index contributed by atoms with van der Waals surface area (Å²) in [5.74, 6) is 1.65. The summed E-state index contributed by atoms with van der Waals surface area (Å²) in [6, 6.07) is 6.39. The molecule has 1 aliphatic rings. The van der Waals surface area contributed by atoms with E-state index in [2.05, 4.69) is 15.5 Å². The number of para-hydroxylation sites is 1. The van der Waals surface area contributed by atoms with E-state index in [-0.39, 0.29) is 6.61 Å². The smallest absolute Gasteiger partial charge is 0.253 e. The van der Waals surface area contributed by atoms with Gasteiger partial charge in [-0.1, -0.05) is 23.7 Å². The lowest BCUT2D eigenvalue weighted by atomic mass is 10.2. The summed E-state index contributed by atoms with van der Waals surface area (Å²) in [6.07, 6.45) is 2.50. The van der Waals surface area contributed by atoms with Crippen LogP contribution in [0.4, 0.5) is 0 Å². The van der Waals surface area contributed by atoms with Crippen molar-refractivity contribution in [3.8, 4) is 5.75 Å². The second kappa shape index (κ2) is 5.81. The minimum atomic E-state index is 0.223. The number of benzene rings is 1. The average molecular weight is 294 g/mol. The summed E-state index contributed by atoms with van der Waals surface area (Å²) in [6.45, 7) is 2.72. The summed E-state index contributed by atoms with van der Waals surface area (Å²) in [4.78, 5) is 0. The van der Waals surface area contributed by atoms with Crippen LogP contribution in [-0.4, -0.2) is 16.2 Å². The summed E-state index contributed by atoms with van der Waals surface area (Å²) < 4.78 is 11.0. The fourth-order valence-electron chi connectivity index (χ4n) is 1.93. The third-order valence-corrected chi connectivity index (χ3v) is 3.41. The molecule has 0 aliphatic heterocycles. The number of hydrogen-bond donors (Lipinski definition) is 1. The molecule has 0 unspecified atom stereocenters. The van der Waals surface area contributed by atoms with Gasteiger partial charge in [0.25, 0.3) is 5.89 Å². The largest absolute Gasteiger partial charge is 0.482 e. The van der Waals surface area contributed by atoms with Gasteiger partial charge in [0.2, 0.25) is 5.89 Å². The number of rotatable bonds is 6. The molecule has 3 rings (SSSR count). The molecular formula is C14H16ClN3O2. The molecule has 0 atom stereocenters. The van der Waals surface area contributed by atoms with Gasteiger partial charge in [0, 0.05) is 25.1 Å². The van der Waals surface area contributed by atoms with Crippen molar-refractivity contribution >= 4 is 11.6 Å². The first-order valence-corrected chi connectivity index (χ1v) is 7.03. The predicted octanol–water partition coefficient (Wildman–Crippen LogP) is 2.86. The Labute approximate surface area is 122 Å². The van der Waals surface area contributed by atoms with Crippen LogP contribution in [0.3, 0.4) is 0 Å². The average Bonchev–Trinajstić information content (AvgIpc) is 3.17. The second-order valence-corrected chi connectivity index (χ2v) is 5.29. The molecule has 0 saturated heterocycles. The van der Waals surface area contributed by atoms with Crippen LogP contribution in [0.5, 0.6) is 5.75 Å². The molecule has 1 fully saturated rings. The van der Waals surface area contributed by atoms with Gasteiger partial charge in [0.05, 0.1) is 5.02 Å². The highest BCUT2D eigenvalue weighted by molar-refractivity contribution is 6.32. The Bertz CT molecular complexity index is 596. The van der Waals surface area contributed by atoms with E-state index in [0.29, 0.717) is 28.6 Å². The van der Waals surface area contributed by atoms with E-state index in [1.807, 2.05) is 18.2 Å². The minimum absolute atomic E-state index is 0.223. The van der Waals surface area contributed by atoms with Crippen LogP contribution in [0, 0.1) is 6.92 Å². The molecule has 1 saturated carbocycles. The zero-order valence-corrected chi connectivity index (χ0v) is 12.0. The molecule has 1 aromatic carbocycles. The van der Waals surface area contributed by atoms with E-state index in [1.54, 1.807) is 6.92 Å². The van der Waals surface area contributed by atoms with Crippen molar-refractivity contribution in [3.05, 3.63) is 40.6 Å². The van der Waals surface area contributed by atoms with E-state index >= 15 is 0 Å². The van der Waals surface area contributed by atoms with Gasteiger partial charge in [-0.15, -0.1) is 10.2 Å². The maximum Gasteiger partial charge on any atom is 0.253 e. The van der Waals surface area contributed by atoms with Crippen LogP contribution >= 0.6 is 11.6 Å². The van der Waals surface area contributed by atoms with E-state index in [4.69, 9.17) is 20.8 Å². The summed E-state index contributed by atoms with van der Waals surface area (Å²) >= 11 is 6.21. The molecule has 2 aromatic rings. The predicted molar refractivity (Wildman–Crippen MR) is 74.7 cm³/mol. The molecule has 1 heterocycles. The van der Waals surface area contributed by atoms with Gasteiger partial charge in [-0.3, -0.25) is 0 Å². The first kappa shape index (κ1) is 13.4. The molecule has 0 bridgehead atoms. The lowest BCUT2D eigenvalue weighted by molar-refractivity contribution is 0.258. The SMILES string of the molecule is Cc1nnc(COc2c(Cl)cccc2CNC2CC2)o1. The van der Waals surface area contributed by atoms with Gasteiger partial charge in [-0.25, -0.2) is 0 Å². The molecule has 1 aliphatic carbocycles. The van der Waals surface area contributed by atoms with Crippen LogP contribution in [-0.2, 0) is 13.2 Å². The van der Waals surface area contributed by atoms with Crippen LogP contribution in [0.25, 0.3) is 0 Å². The number of aryl methyl sites for hydroxylation is 1. The van der Waals surface area contributed by atoms with Gasteiger partial charge in [0.1, 0.15) is 5.75 Å². The first-order valence-electron chi connectivity index (χ1n) is 6.65. The lowest BCUT2D eigenvalue weighted by Gasteiger charge is -2.12. The Hall–Kier alpha value is -1.59. The van der Waals surface area contributed by atoms with Crippen LogP contribution in [0.1, 0.15) is 30.2 Å². The molecule has 6 heteroatoms. The van der Waals surface area contributed by atoms with Crippen molar-refractivity contribution in [1.29, 1.82) is 0 Å². The Morgan fingerprint density at radius 1 is 1.40 bits per heavy atom. The van der Waals surface area contributed by atoms with E-state index in [9.17, 15) is 0 Å². The molecule has 20 heavy (non-hydrogen) atoms. The fourth-order valence-corrected chi connectivity index (χ4v) is 2.17. The van der Waals surface area contributed by atoms with Crippen LogP contribution in [0.2, 0.25) is 5.02 Å². The zero-order valence-electron chi connectivity index (χ0n) is 11.2. The first-order chi connectivity index (χ1) is 9.72. The lowest BCUT2D eigenvalue weighted by Crippen LogP contribution is -2.16. The number of ether oxygens (including phenoxy) is 1. The van der Waals surface area contributed by atoms with Gasteiger partial charge in [-0.05, 0) is 18.9 Å². The Kier molecular flexibility index (Phi) is 3.89. The van der Waals surface area contributed by atoms with E-state index in [0.717, 1.165) is 12.1 Å². The molecule has 0 radical (unpaired) electrons. The number of halogens is 1. The second-order valence-electron chi connectivity index (χ2n) is 4.89. The highest BCUT2D eigenvalue weighted by Gasteiger charge is 2.21.